The Morgan fingerprint density at radius 3 is 2.25 bits per heavy atom. The van der Waals surface area contributed by atoms with Gasteiger partial charge in [0.2, 0.25) is 10.0 Å². The van der Waals surface area contributed by atoms with Gasteiger partial charge in [-0.15, -0.1) is 0 Å². The Labute approximate surface area is 172 Å². The number of aryl methyl sites for hydroxylation is 1. The molecule has 0 unspecified atom stereocenters. The van der Waals surface area contributed by atoms with Crippen molar-refractivity contribution in [2.24, 2.45) is 11.1 Å². The number of carbonyl (C=O) groups excluding carboxylic acids is 2. The third kappa shape index (κ3) is 4.51. The zero-order chi connectivity index (χ0) is 20.5. The first-order valence-corrected chi connectivity index (χ1v) is 11.2. The molecule has 2 N–H and O–H groups in total. The van der Waals surface area contributed by atoms with Crippen LogP contribution >= 0.6 is 15.9 Å². The number of rotatable bonds is 4. The summed E-state index contributed by atoms with van der Waals surface area (Å²) in [6.45, 7) is 2.85. The quantitative estimate of drug-likeness (QED) is 0.702. The number of sulfonamides is 1. The number of carbonyl (C=O) groups is 2. The molecule has 148 valence electrons. The number of halogens is 1. The Morgan fingerprint density at radius 1 is 1.07 bits per heavy atom. The van der Waals surface area contributed by atoms with Gasteiger partial charge >= 0.3 is 0 Å². The second-order valence-corrected chi connectivity index (χ2v) is 9.40. The summed E-state index contributed by atoms with van der Waals surface area (Å²) in [6.07, 6.45) is 1.15. The van der Waals surface area contributed by atoms with Crippen LogP contribution in [0.5, 0.6) is 0 Å². The molecule has 28 heavy (non-hydrogen) atoms. The molecule has 8 heteroatoms. The Balaban J connectivity index is 1.70. The van der Waals surface area contributed by atoms with E-state index < -0.39 is 10.0 Å². The summed E-state index contributed by atoms with van der Waals surface area (Å²) in [6, 6.07) is 11.6. The average Bonchev–Trinajstić information content (AvgIpc) is 2.67. The molecule has 0 radical (unpaired) electrons. The lowest BCUT2D eigenvalue weighted by Crippen LogP contribution is -2.40. The van der Waals surface area contributed by atoms with E-state index in [9.17, 15) is 18.0 Å². The first kappa shape index (κ1) is 20.7. The molecular formula is C20H21BrN2O4S. The molecular weight excluding hydrogens is 444 g/mol. The van der Waals surface area contributed by atoms with Gasteiger partial charge in [0.15, 0.2) is 5.78 Å². The smallest absolute Gasteiger partial charge is 0.255 e. The molecule has 1 aliphatic rings. The highest BCUT2D eigenvalue weighted by Crippen LogP contribution is 2.26. The number of hydrogen-bond donors (Lipinski definition) is 1. The third-order valence-electron chi connectivity index (χ3n) is 4.99. The molecule has 1 fully saturated rings. The number of piperidine rings is 1. The van der Waals surface area contributed by atoms with Gasteiger partial charge in [-0.25, -0.2) is 13.6 Å². The van der Waals surface area contributed by atoms with Crippen molar-refractivity contribution in [2.75, 3.05) is 13.1 Å². The van der Waals surface area contributed by atoms with Crippen LogP contribution in [0.1, 0.15) is 39.1 Å². The van der Waals surface area contributed by atoms with E-state index in [2.05, 4.69) is 15.9 Å². The predicted molar refractivity (Wildman–Crippen MR) is 110 cm³/mol. The summed E-state index contributed by atoms with van der Waals surface area (Å²) in [5, 5.41) is 5.16. The summed E-state index contributed by atoms with van der Waals surface area (Å²) < 4.78 is 23.6. The summed E-state index contributed by atoms with van der Waals surface area (Å²) in [7, 11) is -3.90. The summed E-state index contributed by atoms with van der Waals surface area (Å²) in [4.78, 5) is 27.1. The second kappa shape index (κ2) is 8.14. The molecule has 0 saturated carbocycles. The number of nitrogens with two attached hydrogens (primary N) is 1. The van der Waals surface area contributed by atoms with E-state index in [1.165, 1.54) is 18.2 Å². The maximum absolute atomic E-state index is 12.9. The maximum atomic E-state index is 12.9. The van der Waals surface area contributed by atoms with E-state index in [1.54, 1.807) is 4.90 Å². The minimum atomic E-state index is -3.90. The van der Waals surface area contributed by atoms with E-state index in [0.29, 0.717) is 36.0 Å². The van der Waals surface area contributed by atoms with Crippen LogP contribution in [0, 0.1) is 12.8 Å². The maximum Gasteiger partial charge on any atom is 0.255 e. The molecule has 2 aromatic carbocycles. The van der Waals surface area contributed by atoms with Crippen molar-refractivity contribution < 1.29 is 18.0 Å². The molecule has 2 aromatic rings. The topological polar surface area (TPSA) is 97.5 Å². The zero-order valence-electron chi connectivity index (χ0n) is 15.4. The summed E-state index contributed by atoms with van der Waals surface area (Å²) in [5.41, 5.74) is 2.04. The van der Waals surface area contributed by atoms with Gasteiger partial charge in [-0.2, -0.15) is 0 Å². The zero-order valence-corrected chi connectivity index (χ0v) is 17.8. The van der Waals surface area contributed by atoms with Crippen LogP contribution < -0.4 is 5.14 Å². The SMILES string of the molecule is Cc1ccc(C(=O)C2CCN(C(=O)c3cc(S(N)(=O)=O)ccc3Br)CC2)cc1. The minimum Gasteiger partial charge on any atom is -0.339 e. The Hall–Kier alpha value is -2.03. The van der Waals surface area contributed by atoms with Gasteiger partial charge in [-0.1, -0.05) is 29.8 Å². The number of likely N-dealkylation sites (tertiary alicyclic amines) is 1. The fraction of sp³-hybridized carbons (Fsp3) is 0.300. The minimum absolute atomic E-state index is 0.101. The fourth-order valence-electron chi connectivity index (χ4n) is 3.31. The van der Waals surface area contributed by atoms with Gasteiger partial charge in [0.05, 0.1) is 10.5 Å². The van der Waals surface area contributed by atoms with Crippen LogP contribution in [0.4, 0.5) is 0 Å². The van der Waals surface area contributed by atoms with Crippen LogP contribution in [-0.2, 0) is 10.0 Å². The van der Waals surface area contributed by atoms with E-state index in [1.807, 2.05) is 31.2 Å². The highest BCUT2D eigenvalue weighted by molar-refractivity contribution is 9.10. The van der Waals surface area contributed by atoms with Gasteiger partial charge in [0.25, 0.3) is 5.91 Å². The van der Waals surface area contributed by atoms with Gasteiger partial charge in [0, 0.05) is 29.0 Å². The number of ketones is 1. The molecule has 1 aliphatic heterocycles. The van der Waals surface area contributed by atoms with Gasteiger partial charge < -0.3 is 4.90 Å². The Bertz CT molecular complexity index is 1010. The largest absolute Gasteiger partial charge is 0.339 e. The lowest BCUT2D eigenvalue weighted by atomic mass is 9.88. The summed E-state index contributed by atoms with van der Waals surface area (Å²) >= 11 is 3.30. The van der Waals surface area contributed by atoms with E-state index in [0.717, 1.165) is 5.56 Å². The molecule has 1 heterocycles. The molecule has 0 atom stereocenters. The number of amides is 1. The van der Waals surface area contributed by atoms with E-state index >= 15 is 0 Å². The number of Topliss-reactive ketones (excluding diaryl/α,β-unsaturated/α-hetero) is 1. The standard InChI is InChI=1S/C20H21BrN2O4S/c1-13-2-4-14(5-3-13)19(24)15-8-10-23(11-9-15)20(25)17-12-16(28(22,26)27)6-7-18(17)21/h2-7,12,15H,8-11H2,1H3,(H2,22,26,27). The van der Waals surface area contributed by atoms with E-state index in [-0.39, 0.29) is 28.1 Å². The molecule has 3 rings (SSSR count). The van der Waals surface area contributed by atoms with Gasteiger partial charge in [-0.3, -0.25) is 9.59 Å². The van der Waals surface area contributed by atoms with Crippen LogP contribution in [0.25, 0.3) is 0 Å². The summed E-state index contributed by atoms with van der Waals surface area (Å²) in [5.74, 6) is -0.297. The van der Waals surface area contributed by atoms with Crippen LogP contribution in [0.15, 0.2) is 51.8 Å². The average molecular weight is 465 g/mol. The second-order valence-electron chi connectivity index (χ2n) is 6.98. The van der Waals surface area contributed by atoms with Crippen molar-refractivity contribution in [3.63, 3.8) is 0 Å². The number of nitrogens with zero attached hydrogens (tertiary/aromatic N) is 1. The van der Waals surface area contributed by atoms with Crippen molar-refractivity contribution in [3.8, 4) is 0 Å². The van der Waals surface area contributed by atoms with Crippen LogP contribution in [0.3, 0.4) is 0 Å². The highest BCUT2D eigenvalue weighted by Gasteiger charge is 2.29. The first-order chi connectivity index (χ1) is 13.2. The van der Waals surface area contributed by atoms with Crippen molar-refractivity contribution in [3.05, 3.63) is 63.6 Å². The molecule has 0 bridgehead atoms. The molecule has 6 nitrogen and oxygen atoms in total. The molecule has 1 saturated heterocycles. The van der Waals surface area contributed by atoms with Crippen molar-refractivity contribution in [1.29, 1.82) is 0 Å². The predicted octanol–water partition coefficient (Wildman–Crippen LogP) is 3.14. The molecule has 0 aliphatic carbocycles. The number of benzene rings is 2. The lowest BCUT2D eigenvalue weighted by molar-refractivity contribution is 0.0649. The van der Waals surface area contributed by atoms with Gasteiger partial charge in [-0.05, 0) is 53.9 Å². The number of primary sulfonamides is 1. The monoisotopic (exact) mass is 464 g/mol. The van der Waals surface area contributed by atoms with Crippen LogP contribution in [0.2, 0.25) is 0 Å². The highest BCUT2D eigenvalue weighted by atomic mass is 79.9. The fourth-order valence-corrected chi connectivity index (χ4v) is 4.27. The third-order valence-corrected chi connectivity index (χ3v) is 6.59. The van der Waals surface area contributed by atoms with Crippen molar-refractivity contribution in [2.45, 2.75) is 24.7 Å². The first-order valence-electron chi connectivity index (χ1n) is 8.89. The van der Waals surface area contributed by atoms with Crippen LogP contribution in [-0.4, -0.2) is 38.1 Å². The molecule has 1 amide bonds. The Morgan fingerprint density at radius 2 is 1.68 bits per heavy atom. The molecule has 0 spiro atoms. The van der Waals surface area contributed by atoms with Crippen molar-refractivity contribution in [1.82, 2.24) is 4.90 Å². The molecule has 0 aromatic heterocycles. The lowest BCUT2D eigenvalue weighted by Gasteiger charge is -2.31. The normalized spacial score (nSPS) is 15.5. The van der Waals surface area contributed by atoms with E-state index in [4.69, 9.17) is 5.14 Å². The van der Waals surface area contributed by atoms with Gasteiger partial charge in [0.1, 0.15) is 0 Å². The van der Waals surface area contributed by atoms with Crippen molar-refractivity contribution >= 4 is 37.6 Å². The Kier molecular flexibility index (Phi) is 6.02. The number of hydrogen-bond acceptors (Lipinski definition) is 4.